The molecule has 1 heterocycles. The normalized spacial score (nSPS) is 20.0. The van der Waals surface area contributed by atoms with E-state index in [1.54, 1.807) is 11.0 Å². The largest absolute Gasteiger partial charge is 0.352 e. The number of halogens is 1. The van der Waals surface area contributed by atoms with Crippen molar-refractivity contribution in [3.8, 4) is 0 Å². The van der Waals surface area contributed by atoms with Gasteiger partial charge in [-0.2, -0.15) is 0 Å². The first-order chi connectivity index (χ1) is 16.0. The van der Waals surface area contributed by atoms with Crippen molar-refractivity contribution in [2.75, 3.05) is 11.4 Å². The number of rotatable bonds is 6. The molecule has 0 saturated heterocycles. The average Bonchev–Trinajstić information content (AvgIpc) is 2.94. The predicted octanol–water partition coefficient (Wildman–Crippen LogP) is 5.39. The number of hydrogen-bond acceptors (Lipinski definition) is 3. The second kappa shape index (κ2) is 10.5. The molecule has 1 N–H and O–H groups in total. The van der Waals surface area contributed by atoms with E-state index in [1.807, 2.05) is 49.4 Å². The van der Waals surface area contributed by atoms with Crippen molar-refractivity contribution in [1.29, 1.82) is 0 Å². The smallest absolute Gasteiger partial charge is 0.252 e. The molecule has 174 valence electrons. The minimum Gasteiger partial charge on any atom is -0.352 e. The summed E-state index contributed by atoms with van der Waals surface area (Å²) in [6, 6.07) is 14.9. The zero-order valence-electron chi connectivity index (χ0n) is 19.4. The van der Waals surface area contributed by atoms with Crippen LogP contribution in [0.1, 0.15) is 63.5 Å². The maximum Gasteiger partial charge on any atom is 0.252 e. The third-order valence-electron chi connectivity index (χ3n) is 6.79. The van der Waals surface area contributed by atoms with Crippen LogP contribution >= 0.6 is 11.6 Å². The number of anilines is 1. The zero-order chi connectivity index (χ0) is 23.4. The first kappa shape index (κ1) is 23.5. The summed E-state index contributed by atoms with van der Waals surface area (Å²) in [6.07, 6.45) is 6.31. The fourth-order valence-corrected chi connectivity index (χ4v) is 4.89. The van der Waals surface area contributed by atoms with Crippen LogP contribution in [0.4, 0.5) is 5.69 Å². The number of carbonyl (C=O) groups excluding carboxylic acids is 2. The fraction of sp³-hybridized carbons (Fsp3) is 0.444. The summed E-state index contributed by atoms with van der Waals surface area (Å²) in [5.41, 5.74) is 3.12. The monoisotopic (exact) mass is 465 g/mol. The van der Waals surface area contributed by atoms with Crippen LogP contribution in [0.5, 0.6) is 0 Å². The molecule has 0 aromatic heterocycles. The van der Waals surface area contributed by atoms with Crippen LogP contribution in [0.25, 0.3) is 0 Å². The van der Waals surface area contributed by atoms with Crippen LogP contribution < -0.4 is 10.2 Å². The molecular formula is C27H32ClN3O2. The molecule has 1 aliphatic carbocycles. The number of benzodiazepines with no additional fused rings is 1. The minimum absolute atomic E-state index is 0.0194. The maximum absolute atomic E-state index is 13.8. The molecule has 5 nitrogen and oxygen atoms in total. The van der Waals surface area contributed by atoms with Gasteiger partial charge in [0.1, 0.15) is 12.6 Å². The topological polar surface area (TPSA) is 61.8 Å². The summed E-state index contributed by atoms with van der Waals surface area (Å²) in [7, 11) is 0. The molecule has 4 rings (SSSR count). The van der Waals surface area contributed by atoms with Crippen molar-refractivity contribution in [3.05, 3.63) is 64.7 Å². The molecule has 6 heteroatoms. The number of benzene rings is 2. The SMILES string of the molecule is CC[C@@H](C)[C@@H]1N=C(c2ccccc2)c2cc(Cl)ccc2N(CC(=O)NC2CCCCC2)C1=O. The molecule has 0 spiro atoms. The quantitative estimate of drug-likeness (QED) is 0.621. The Balaban J connectivity index is 1.74. The Morgan fingerprint density at radius 3 is 2.58 bits per heavy atom. The van der Waals surface area contributed by atoms with Gasteiger partial charge >= 0.3 is 0 Å². The Bertz CT molecular complexity index is 1030. The van der Waals surface area contributed by atoms with Gasteiger partial charge in [-0.3, -0.25) is 14.6 Å². The van der Waals surface area contributed by atoms with Gasteiger partial charge in [-0.15, -0.1) is 0 Å². The Kier molecular flexibility index (Phi) is 7.49. The highest BCUT2D eigenvalue weighted by atomic mass is 35.5. The van der Waals surface area contributed by atoms with Gasteiger partial charge in [0.25, 0.3) is 5.91 Å². The summed E-state index contributed by atoms with van der Waals surface area (Å²) in [5, 5.41) is 3.72. The zero-order valence-corrected chi connectivity index (χ0v) is 20.1. The molecule has 1 fully saturated rings. The lowest BCUT2D eigenvalue weighted by molar-refractivity contribution is -0.125. The van der Waals surface area contributed by atoms with E-state index in [0.29, 0.717) is 10.7 Å². The molecule has 1 aliphatic heterocycles. The van der Waals surface area contributed by atoms with Crippen molar-refractivity contribution in [1.82, 2.24) is 5.32 Å². The van der Waals surface area contributed by atoms with Crippen molar-refractivity contribution >= 4 is 34.8 Å². The lowest BCUT2D eigenvalue weighted by Gasteiger charge is -2.28. The Labute approximate surface area is 201 Å². The van der Waals surface area contributed by atoms with Gasteiger partial charge in [-0.05, 0) is 37.0 Å². The molecule has 0 radical (unpaired) electrons. The molecule has 2 aromatic carbocycles. The third-order valence-corrected chi connectivity index (χ3v) is 7.03. The van der Waals surface area contributed by atoms with Gasteiger partial charge in [0.05, 0.1) is 11.4 Å². The molecular weight excluding hydrogens is 434 g/mol. The number of carbonyl (C=O) groups is 2. The molecule has 2 atom stereocenters. The molecule has 2 aliphatic rings. The molecule has 2 amide bonds. The summed E-state index contributed by atoms with van der Waals surface area (Å²) < 4.78 is 0. The lowest BCUT2D eigenvalue weighted by Crippen LogP contribution is -2.48. The number of hydrogen-bond donors (Lipinski definition) is 1. The highest BCUT2D eigenvalue weighted by Crippen LogP contribution is 2.33. The number of nitrogens with one attached hydrogen (secondary N) is 1. The number of fused-ring (bicyclic) bond motifs is 1. The highest BCUT2D eigenvalue weighted by Gasteiger charge is 2.36. The van der Waals surface area contributed by atoms with Crippen LogP contribution in [-0.4, -0.2) is 36.2 Å². The average molecular weight is 466 g/mol. The van der Waals surface area contributed by atoms with Gasteiger partial charge < -0.3 is 10.2 Å². The molecule has 0 bridgehead atoms. The van der Waals surface area contributed by atoms with E-state index in [0.717, 1.165) is 48.9 Å². The summed E-state index contributed by atoms with van der Waals surface area (Å²) >= 11 is 6.39. The van der Waals surface area contributed by atoms with E-state index < -0.39 is 6.04 Å². The number of nitrogens with zero attached hydrogens (tertiary/aromatic N) is 2. The van der Waals surface area contributed by atoms with Gasteiger partial charge in [0.2, 0.25) is 5.91 Å². The summed E-state index contributed by atoms with van der Waals surface area (Å²) in [6.45, 7) is 4.08. The second-order valence-electron chi connectivity index (χ2n) is 9.16. The van der Waals surface area contributed by atoms with Crippen LogP contribution in [0.2, 0.25) is 5.02 Å². The van der Waals surface area contributed by atoms with E-state index >= 15 is 0 Å². The van der Waals surface area contributed by atoms with Crippen molar-refractivity contribution < 1.29 is 9.59 Å². The molecule has 0 unspecified atom stereocenters. The van der Waals surface area contributed by atoms with Gasteiger partial charge in [0, 0.05) is 22.2 Å². The standard InChI is InChI=1S/C27H32ClN3O2/c1-3-18(2)25-27(33)31(17-24(32)29-21-12-8-5-9-13-21)23-15-14-20(28)16-22(23)26(30-25)19-10-6-4-7-11-19/h4,6-7,10-11,14-16,18,21,25H,3,5,8-9,12-13,17H2,1-2H3,(H,29,32)/t18-,25+/m1/s1. The number of amides is 2. The number of aliphatic imine (C=N–C) groups is 1. The van der Waals surface area contributed by atoms with Gasteiger partial charge in [0.15, 0.2) is 0 Å². The summed E-state index contributed by atoms with van der Waals surface area (Å²) in [5.74, 6) is -0.232. The Hall–Kier alpha value is -2.66. The first-order valence-corrected chi connectivity index (χ1v) is 12.4. The van der Waals surface area contributed by atoms with Crippen LogP contribution in [0.15, 0.2) is 53.5 Å². The summed E-state index contributed by atoms with van der Waals surface area (Å²) in [4.78, 5) is 33.4. The highest BCUT2D eigenvalue weighted by molar-refractivity contribution is 6.32. The van der Waals surface area contributed by atoms with E-state index in [2.05, 4.69) is 12.2 Å². The van der Waals surface area contributed by atoms with E-state index in [1.165, 1.54) is 6.42 Å². The van der Waals surface area contributed by atoms with Crippen LogP contribution in [-0.2, 0) is 9.59 Å². The van der Waals surface area contributed by atoms with E-state index in [9.17, 15) is 9.59 Å². The van der Waals surface area contributed by atoms with Crippen LogP contribution in [0, 0.1) is 5.92 Å². The van der Waals surface area contributed by atoms with E-state index in [-0.39, 0.29) is 30.3 Å². The lowest BCUT2D eigenvalue weighted by atomic mass is 9.95. The van der Waals surface area contributed by atoms with Gasteiger partial charge in [-0.1, -0.05) is 81.5 Å². The predicted molar refractivity (Wildman–Crippen MR) is 134 cm³/mol. The van der Waals surface area contributed by atoms with E-state index in [4.69, 9.17) is 16.6 Å². The minimum atomic E-state index is -0.570. The fourth-order valence-electron chi connectivity index (χ4n) is 4.72. The third kappa shape index (κ3) is 5.30. The van der Waals surface area contributed by atoms with Crippen molar-refractivity contribution in [2.24, 2.45) is 10.9 Å². The molecule has 1 saturated carbocycles. The first-order valence-electron chi connectivity index (χ1n) is 12.0. The van der Waals surface area contributed by atoms with Crippen molar-refractivity contribution in [3.63, 3.8) is 0 Å². The Morgan fingerprint density at radius 1 is 1.15 bits per heavy atom. The molecule has 33 heavy (non-hydrogen) atoms. The second-order valence-corrected chi connectivity index (χ2v) is 9.60. The Morgan fingerprint density at radius 2 is 1.88 bits per heavy atom. The molecule has 2 aromatic rings. The van der Waals surface area contributed by atoms with Crippen molar-refractivity contribution in [2.45, 2.75) is 64.5 Å². The van der Waals surface area contributed by atoms with Gasteiger partial charge in [-0.25, -0.2) is 0 Å². The maximum atomic E-state index is 13.8. The van der Waals surface area contributed by atoms with Crippen LogP contribution in [0.3, 0.4) is 0 Å².